The number of hydrogen-bond acceptors (Lipinski definition) is 3. The molecule has 0 amide bonds. The van der Waals surface area contributed by atoms with E-state index < -0.39 is 0 Å². The van der Waals surface area contributed by atoms with E-state index in [2.05, 4.69) is 35.7 Å². The van der Waals surface area contributed by atoms with Crippen molar-refractivity contribution < 1.29 is 10.2 Å². The van der Waals surface area contributed by atoms with E-state index in [-0.39, 0.29) is 17.7 Å². The number of phenols is 2. The highest BCUT2D eigenvalue weighted by atomic mass is 16.3. The topological polar surface area (TPSA) is 52.5 Å². The highest BCUT2D eigenvalue weighted by Gasteiger charge is 2.40. The Kier molecular flexibility index (Phi) is 3.04. The maximum atomic E-state index is 10.7. The molecule has 3 atom stereocenters. The lowest BCUT2D eigenvalue weighted by Gasteiger charge is -2.38. The first kappa shape index (κ1) is 14.4. The monoisotopic (exact) mass is 329 g/mol. The van der Waals surface area contributed by atoms with Gasteiger partial charge in [0, 0.05) is 11.5 Å². The van der Waals surface area contributed by atoms with E-state index in [1.54, 1.807) is 12.1 Å². The summed E-state index contributed by atoms with van der Waals surface area (Å²) >= 11 is 0. The van der Waals surface area contributed by atoms with Gasteiger partial charge in [0.1, 0.15) is 11.5 Å². The van der Waals surface area contributed by atoms with Crippen molar-refractivity contribution in [3.8, 4) is 11.5 Å². The van der Waals surface area contributed by atoms with Crippen LogP contribution < -0.4 is 5.32 Å². The molecule has 25 heavy (non-hydrogen) atoms. The molecule has 3 aromatic rings. The fraction of sp³-hybridized carbons (Fsp3) is 0.182. The summed E-state index contributed by atoms with van der Waals surface area (Å²) in [7, 11) is 0. The van der Waals surface area contributed by atoms with Crippen molar-refractivity contribution in [3.63, 3.8) is 0 Å². The number of nitrogens with one attached hydrogen (secondary N) is 1. The maximum Gasteiger partial charge on any atom is 0.138 e. The molecule has 3 aromatic carbocycles. The zero-order valence-corrected chi connectivity index (χ0v) is 13.7. The van der Waals surface area contributed by atoms with Gasteiger partial charge in [-0.3, -0.25) is 0 Å². The summed E-state index contributed by atoms with van der Waals surface area (Å²) in [6, 6.07) is 17.5. The second kappa shape index (κ2) is 5.28. The number of fused-ring (bicyclic) bond motifs is 4. The molecule has 3 nitrogen and oxygen atoms in total. The van der Waals surface area contributed by atoms with Gasteiger partial charge in [-0.2, -0.15) is 0 Å². The third kappa shape index (κ3) is 2.05. The Bertz CT molecular complexity index is 1010. The highest BCUT2D eigenvalue weighted by molar-refractivity contribution is 5.89. The fourth-order valence-corrected chi connectivity index (χ4v) is 4.50. The van der Waals surface area contributed by atoms with Gasteiger partial charge < -0.3 is 15.5 Å². The van der Waals surface area contributed by atoms with E-state index in [1.165, 1.54) is 0 Å². The molecule has 3 heteroatoms. The van der Waals surface area contributed by atoms with Crippen LogP contribution in [0, 0.1) is 5.92 Å². The Morgan fingerprint density at radius 2 is 1.76 bits per heavy atom. The number of phenolic OH excluding ortho intramolecular Hbond substituents is 2. The summed E-state index contributed by atoms with van der Waals surface area (Å²) in [5, 5.41) is 26.8. The van der Waals surface area contributed by atoms with Crippen LogP contribution >= 0.6 is 0 Å². The van der Waals surface area contributed by atoms with Crippen LogP contribution in [0.5, 0.6) is 11.5 Å². The van der Waals surface area contributed by atoms with Gasteiger partial charge in [0.25, 0.3) is 0 Å². The summed E-state index contributed by atoms with van der Waals surface area (Å²) in [6.45, 7) is 0. The van der Waals surface area contributed by atoms with Crippen LogP contribution in [0.25, 0.3) is 10.8 Å². The van der Waals surface area contributed by atoms with Crippen LogP contribution in [0.2, 0.25) is 0 Å². The van der Waals surface area contributed by atoms with Crippen LogP contribution in [-0.4, -0.2) is 10.2 Å². The third-order valence-corrected chi connectivity index (χ3v) is 5.63. The summed E-state index contributed by atoms with van der Waals surface area (Å²) in [6.07, 6.45) is 5.41. The normalized spacial score (nSPS) is 23.9. The smallest absolute Gasteiger partial charge is 0.138 e. The zero-order valence-electron chi connectivity index (χ0n) is 13.7. The Balaban J connectivity index is 1.74. The Morgan fingerprint density at radius 3 is 2.68 bits per heavy atom. The molecule has 2 aliphatic rings. The Morgan fingerprint density at radius 1 is 0.880 bits per heavy atom. The number of allylic oxidation sites excluding steroid dienone is 2. The molecule has 124 valence electrons. The van der Waals surface area contributed by atoms with Gasteiger partial charge in [0.2, 0.25) is 0 Å². The van der Waals surface area contributed by atoms with E-state index >= 15 is 0 Å². The minimum atomic E-state index is -0.0492. The van der Waals surface area contributed by atoms with Crippen molar-refractivity contribution in [3.05, 3.63) is 77.9 Å². The Hall–Kier alpha value is -2.94. The molecule has 0 radical (unpaired) electrons. The maximum absolute atomic E-state index is 10.7. The minimum Gasteiger partial charge on any atom is -0.508 e. The number of hydrogen-bond donors (Lipinski definition) is 3. The summed E-state index contributed by atoms with van der Waals surface area (Å²) in [5.41, 5.74) is 2.84. The second-order valence-electron chi connectivity index (χ2n) is 6.94. The molecule has 0 fully saturated rings. The molecular formula is C22H19NO2. The molecule has 0 aromatic heterocycles. The van der Waals surface area contributed by atoms with E-state index in [0.717, 1.165) is 34.0 Å². The molecule has 1 aliphatic heterocycles. The fourth-order valence-electron chi connectivity index (χ4n) is 4.50. The van der Waals surface area contributed by atoms with E-state index in [4.69, 9.17) is 0 Å². The molecule has 0 bridgehead atoms. The van der Waals surface area contributed by atoms with Crippen molar-refractivity contribution in [2.75, 3.05) is 5.32 Å². The predicted octanol–water partition coefficient (Wildman–Crippen LogP) is 5.08. The van der Waals surface area contributed by atoms with Crippen LogP contribution in [0.15, 0.2) is 66.7 Å². The molecule has 1 aliphatic carbocycles. The second-order valence-corrected chi connectivity index (χ2v) is 6.94. The molecule has 5 rings (SSSR count). The molecule has 0 spiro atoms. The van der Waals surface area contributed by atoms with Gasteiger partial charge in [0.05, 0.1) is 11.7 Å². The van der Waals surface area contributed by atoms with Gasteiger partial charge >= 0.3 is 0 Å². The number of anilines is 1. The van der Waals surface area contributed by atoms with Crippen molar-refractivity contribution >= 4 is 16.5 Å². The van der Waals surface area contributed by atoms with Crippen molar-refractivity contribution in [2.45, 2.75) is 18.4 Å². The molecule has 0 saturated heterocycles. The quantitative estimate of drug-likeness (QED) is 0.431. The van der Waals surface area contributed by atoms with Crippen LogP contribution in [-0.2, 0) is 0 Å². The largest absolute Gasteiger partial charge is 0.508 e. The number of aromatic hydroxyl groups is 2. The standard InChI is InChI=1S/C22H19NO2/c24-18-12-11-13-5-1-2-6-14(13)20(18)22-17-8-3-7-15(17)16-9-4-10-19(25)21(16)23-22/h1-7,9-12,15,17,22-25H,8H2. The first-order valence-corrected chi connectivity index (χ1v) is 8.70. The summed E-state index contributed by atoms with van der Waals surface area (Å²) < 4.78 is 0. The first-order chi connectivity index (χ1) is 12.2. The highest BCUT2D eigenvalue weighted by Crippen LogP contribution is 2.53. The van der Waals surface area contributed by atoms with Crippen LogP contribution in [0.3, 0.4) is 0 Å². The molecule has 3 unspecified atom stereocenters. The molecule has 3 N–H and O–H groups in total. The lowest BCUT2D eigenvalue weighted by atomic mass is 9.76. The SMILES string of the molecule is Oc1cccc2c1NC(c1c(O)ccc3ccccc13)C1CC=CC21. The molecular weight excluding hydrogens is 310 g/mol. The van der Waals surface area contributed by atoms with Gasteiger partial charge in [-0.05, 0) is 40.8 Å². The van der Waals surface area contributed by atoms with Gasteiger partial charge in [0.15, 0.2) is 0 Å². The number of rotatable bonds is 1. The molecule has 0 saturated carbocycles. The summed E-state index contributed by atoms with van der Waals surface area (Å²) in [5.74, 6) is 1.15. The lowest BCUT2D eigenvalue weighted by Crippen LogP contribution is -2.29. The number of benzene rings is 3. The summed E-state index contributed by atoms with van der Waals surface area (Å²) in [4.78, 5) is 0. The Labute approximate surface area is 146 Å². The predicted molar refractivity (Wildman–Crippen MR) is 100 cm³/mol. The lowest BCUT2D eigenvalue weighted by molar-refractivity contribution is 0.398. The van der Waals surface area contributed by atoms with Crippen LogP contribution in [0.1, 0.15) is 29.5 Å². The van der Waals surface area contributed by atoms with E-state index in [1.807, 2.05) is 24.3 Å². The van der Waals surface area contributed by atoms with E-state index in [9.17, 15) is 10.2 Å². The van der Waals surface area contributed by atoms with Crippen LogP contribution in [0.4, 0.5) is 5.69 Å². The average molecular weight is 329 g/mol. The van der Waals surface area contributed by atoms with Crippen molar-refractivity contribution in [1.29, 1.82) is 0 Å². The third-order valence-electron chi connectivity index (χ3n) is 5.63. The minimum absolute atomic E-state index is 0.0492. The first-order valence-electron chi connectivity index (χ1n) is 8.70. The number of para-hydroxylation sites is 1. The van der Waals surface area contributed by atoms with Gasteiger partial charge in [-0.25, -0.2) is 0 Å². The van der Waals surface area contributed by atoms with Gasteiger partial charge in [-0.1, -0.05) is 54.6 Å². The molecule has 1 heterocycles. The van der Waals surface area contributed by atoms with Crippen molar-refractivity contribution in [1.82, 2.24) is 0 Å². The average Bonchev–Trinajstić information content (AvgIpc) is 3.12. The van der Waals surface area contributed by atoms with E-state index in [0.29, 0.717) is 11.7 Å². The zero-order chi connectivity index (χ0) is 17.0. The van der Waals surface area contributed by atoms with Crippen molar-refractivity contribution in [2.24, 2.45) is 5.92 Å². The van der Waals surface area contributed by atoms with Gasteiger partial charge in [-0.15, -0.1) is 0 Å².